The van der Waals surface area contributed by atoms with E-state index in [9.17, 15) is 13.2 Å². The van der Waals surface area contributed by atoms with Crippen LogP contribution < -0.4 is 4.90 Å². The molecule has 3 aromatic rings. The van der Waals surface area contributed by atoms with Crippen LogP contribution in [0.15, 0.2) is 47.4 Å². The molecule has 2 saturated heterocycles. The number of piperidine rings is 1. The normalized spacial score (nSPS) is 19.7. The molecule has 2 fully saturated rings. The molecule has 5 rings (SSSR count). The van der Waals surface area contributed by atoms with Crippen molar-refractivity contribution in [2.75, 3.05) is 37.6 Å². The van der Waals surface area contributed by atoms with E-state index in [4.69, 9.17) is 4.98 Å². The number of benzene rings is 2. The summed E-state index contributed by atoms with van der Waals surface area (Å²) in [5.41, 5.74) is 2.86. The number of carbonyl (C=O) groups is 1. The number of fused-ring (bicyclic) bond motifs is 1. The zero-order valence-corrected chi connectivity index (χ0v) is 22.7. The number of hydrogen-bond acceptors (Lipinski definition) is 6. The number of thiazole rings is 1. The quantitative estimate of drug-likeness (QED) is 0.462. The Labute approximate surface area is 217 Å². The van der Waals surface area contributed by atoms with Gasteiger partial charge in [0.2, 0.25) is 10.0 Å². The minimum atomic E-state index is -3.55. The van der Waals surface area contributed by atoms with Gasteiger partial charge in [0.15, 0.2) is 5.13 Å². The van der Waals surface area contributed by atoms with Gasteiger partial charge in [0.05, 0.1) is 15.1 Å². The smallest absolute Gasteiger partial charge is 0.253 e. The fourth-order valence-corrected chi connectivity index (χ4v) is 8.05. The number of sulfonamides is 1. The van der Waals surface area contributed by atoms with E-state index in [1.807, 2.05) is 11.8 Å². The molecule has 1 amide bonds. The van der Waals surface area contributed by atoms with E-state index < -0.39 is 10.0 Å². The van der Waals surface area contributed by atoms with Gasteiger partial charge in [-0.1, -0.05) is 37.7 Å². The summed E-state index contributed by atoms with van der Waals surface area (Å²) in [6, 6.07) is 13.0. The molecule has 2 aromatic carbocycles. The predicted octanol–water partition coefficient (Wildman–Crippen LogP) is 4.77. The van der Waals surface area contributed by atoms with Crippen LogP contribution in [-0.2, 0) is 16.4 Å². The van der Waals surface area contributed by atoms with E-state index in [0.29, 0.717) is 25.2 Å². The Morgan fingerprint density at radius 1 is 1.00 bits per heavy atom. The van der Waals surface area contributed by atoms with Gasteiger partial charge in [-0.15, -0.1) is 0 Å². The minimum absolute atomic E-state index is 0.0557. The largest absolute Gasteiger partial charge is 0.345 e. The van der Waals surface area contributed by atoms with E-state index in [1.165, 1.54) is 10.3 Å². The molecule has 1 atom stereocenters. The van der Waals surface area contributed by atoms with E-state index in [2.05, 4.69) is 30.0 Å². The maximum absolute atomic E-state index is 13.2. The van der Waals surface area contributed by atoms with Gasteiger partial charge in [-0.2, -0.15) is 4.31 Å². The SMILES string of the molecule is CCc1ccc2nc(N3CCN(C(=O)c4ccc(S(=O)(=O)N5CCCCC5CC)cc4)CC3)sc2c1. The topological polar surface area (TPSA) is 73.8 Å². The Hall–Kier alpha value is -2.49. The zero-order valence-electron chi connectivity index (χ0n) is 21.0. The summed E-state index contributed by atoms with van der Waals surface area (Å²) in [6.45, 7) is 7.45. The Morgan fingerprint density at radius 2 is 1.75 bits per heavy atom. The average molecular weight is 527 g/mol. The molecule has 1 unspecified atom stereocenters. The second-order valence-corrected chi connectivity index (χ2v) is 12.5. The standard InChI is InChI=1S/C27H34N4O3S2/c1-3-20-8-13-24-25(19-20)35-27(28-24)30-17-15-29(16-18-30)26(32)21-9-11-23(12-10-21)36(33,34)31-14-6-5-7-22(31)4-2/h8-13,19,22H,3-7,14-18H2,1-2H3. The van der Waals surface area contributed by atoms with Crippen LogP contribution in [0.1, 0.15) is 55.5 Å². The molecule has 3 heterocycles. The third kappa shape index (κ3) is 4.88. The monoisotopic (exact) mass is 526 g/mol. The van der Waals surface area contributed by atoms with Crippen LogP contribution in [0.5, 0.6) is 0 Å². The number of nitrogens with zero attached hydrogens (tertiary/aromatic N) is 4. The molecular weight excluding hydrogens is 492 g/mol. The molecule has 36 heavy (non-hydrogen) atoms. The third-order valence-electron chi connectivity index (χ3n) is 7.44. The second kappa shape index (κ2) is 10.5. The maximum atomic E-state index is 13.2. The molecule has 192 valence electrons. The Kier molecular flexibility index (Phi) is 7.32. The molecule has 7 nitrogen and oxygen atoms in total. The van der Waals surface area contributed by atoms with Crippen molar-refractivity contribution in [2.45, 2.75) is 56.9 Å². The summed E-state index contributed by atoms with van der Waals surface area (Å²) in [5, 5.41) is 1.00. The number of anilines is 1. The number of hydrogen-bond donors (Lipinski definition) is 0. The minimum Gasteiger partial charge on any atom is -0.345 e. The first kappa shape index (κ1) is 25.2. The first-order chi connectivity index (χ1) is 17.4. The lowest BCUT2D eigenvalue weighted by Gasteiger charge is -2.35. The second-order valence-electron chi connectivity index (χ2n) is 9.63. The Morgan fingerprint density at radius 3 is 2.44 bits per heavy atom. The van der Waals surface area contributed by atoms with E-state index in [-0.39, 0.29) is 16.8 Å². The average Bonchev–Trinajstić information content (AvgIpc) is 3.36. The molecule has 0 radical (unpaired) electrons. The zero-order chi connectivity index (χ0) is 25.3. The molecule has 0 saturated carbocycles. The molecule has 0 bridgehead atoms. The summed E-state index contributed by atoms with van der Waals surface area (Å²) >= 11 is 1.71. The lowest BCUT2D eigenvalue weighted by Crippen LogP contribution is -2.48. The van der Waals surface area contributed by atoms with Gasteiger partial charge in [-0.25, -0.2) is 13.4 Å². The summed E-state index contributed by atoms with van der Waals surface area (Å²) < 4.78 is 29.3. The highest BCUT2D eigenvalue weighted by Crippen LogP contribution is 2.31. The van der Waals surface area contributed by atoms with Gasteiger partial charge in [-0.3, -0.25) is 4.79 Å². The molecule has 1 aromatic heterocycles. The number of aryl methyl sites for hydroxylation is 1. The fourth-order valence-electron chi connectivity index (χ4n) is 5.20. The van der Waals surface area contributed by atoms with Crippen LogP contribution >= 0.6 is 11.3 Å². The highest BCUT2D eigenvalue weighted by molar-refractivity contribution is 7.89. The third-order valence-corrected chi connectivity index (χ3v) is 10.5. The molecule has 2 aliphatic heterocycles. The molecule has 0 spiro atoms. The molecule has 0 N–H and O–H groups in total. The van der Waals surface area contributed by atoms with Crippen molar-refractivity contribution in [1.82, 2.24) is 14.2 Å². The van der Waals surface area contributed by atoms with E-state index in [0.717, 1.165) is 55.8 Å². The lowest BCUT2D eigenvalue weighted by molar-refractivity contribution is 0.0746. The van der Waals surface area contributed by atoms with E-state index >= 15 is 0 Å². The van der Waals surface area contributed by atoms with Gasteiger partial charge in [-0.05, 0) is 67.6 Å². The van der Waals surface area contributed by atoms with Gasteiger partial charge < -0.3 is 9.80 Å². The fraction of sp³-hybridized carbons (Fsp3) is 0.481. The molecule has 9 heteroatoms. The van der Waals surface area contributed by atoms with E-state index in [1.54, 1.807) is 39.9 Å². The van der Waals surface area contributed by atoms with Gasteiger partial charge in [0.1, 0.15) is 0 Å². The van der Waals surface area contributed by atoms with Gasteiger partial charge in [0.25, 0.3) is 5.91 Å². The summed E-state index contributed by atoms with van der Waals surface area (Å²) in [5.74, 6) is -0.0557. The molecule has 0 aliphatic carbocycles. The van der Waals surface area contributed by atoms with Crippen molar-refractivity contribution in [1.29, 1.82) is 0 Å². The van der Waals surface area contributed by atoms with Crippen molar-refractivity contribution < 1.29 is 13.2 Å². The highest BCUT2D eigenvalue weighted by atomic mass is 32.2. The summed E-state index contributed by atoms with van der Waals surface area (Å²) in [6.07, 6.45) is 4.71. The predicted molar refractivity (Wildman–Crippen MR) is 145 cm³/mol. The maximum Gasteiger partial charge on any atom is 0.253 e. The summed E-state index contributed by atoms with van der Waals surface area (Å²) in [7, 11) is -3.55. The van der Waals surface area contributed by atoms with Crippen LogP contribution in [0.4, 0.5) is 5.13 Å². The Bertz CT molecular complexity index is 1330. The highest BCUT2D eigenvalue weighted by Gasteiger charge is 2.32. The lowest BCUT2D eigenvalue weighted by atomic mass is 10.0. The van der Waals surface area contributed by atoms with Crippen molar-refractivity contribution in [3.63, 3.8) is 0 Å². The first-order valence-electron chi connectivity index (χ1n) is 13.0. The number of carbonyl (C=O) groups excluding carboxylic acids is 1. The number of rotatable bonds is 6. The van der Waals surface area contributed by atoms with Gasteiger partial charge >= 0.3 is 0 Å². The van der Waals surface area contributed by atoms with Crippen molar-refractivity contribution >= 4 is 42.6 Å². The van der Waals surface area contributed by atoms with Crippen molar-refractivity contribution in [3.8, 4) is 0 Å². The van der Waals surface area contributed by atoms with Crippen LogP contribution in [0.25, 0.3) is 10.2 Å². The first-order valence-corrected chi connectivity index (χ1v) is 15.2. The number of piperazine rings is 1. The van der Waals surface area contributed by atoms with Crippen LogP contribution in [0.3, 0.4) is 0 Å². The number of amides is 1. The van der Waals surface area contributed by atoms with Crippen molar-refractivity contribution in [3.05, 3.63) is 53.6 Å². The number of aromatic nitrogens is 1. The summed E-state index contributed by atoms with van der Waals surface area (Å²) in [4.78, 5) is 22.3. The van der Waals surface area contributed by atoms with Crippen molar-refractivity contribution in [2.24, 2.45) is 0 Å². The van der Waals surface area contributed by atoms with Crippen LogP contribution in [-0.4, -0.2) is 67.3 Å². The Balaban J connectivity index is 1.23. The van der Waals surface area contributed by atoms with Gasteiger partial charge in [0, 0.05) is 44.3 Å². The van der Waals surface area contributed by atoms with Crippen LogP contribution in [0, 0.1) is 0 Å². The molecule has 2 aliphatic rings. The molecular formula is C27H34N4O3S2. The van der Waals surface area contributed by atoms with Crippen LogP contribution in [0.2, 0.25) is 0 Å².